The van der Waals surface area contributed by atoms with Gasteiger partial charge in [0.25, 0.3) is 11.6 Å². The number of halogens is 1. The zero-order valence-corrected chi connectivity index (χ0v) is 18.9. The van der Waals surface area contributed by atoms with Gasteiger partial charge in [0.15, 0.2) is 0 Å². The second-order valence-corrected chi connectivity index (χ2v) is 8.25. The van der Waals surface area contributed by atoms with Gasteiger partial charge in [-0.1, -0.05) is 12.1 Å². The van der Waals surface area contributed by atoms with Crippen LogP contribution < -0.4 is 10.6 Å². The highest BCUT2D eigenvalue weighted by Crippen LogP contribution is 2.32. The standard InChI is InChI=1S/C20H21N7O3S.ClH/c1-26-20(23-24-25-26)31-18-9-8-16(27(29)30)11-17(18)19(28)22-15-6-4-13(5-7-15)14-3-2-10-21-12-14;/h4-9,11,14,21H,2-3,10,12H2,1H3,(H,22,28);1H. The van der Waals surface area contributed by atoms with E-state index >= 15 is 0 Å². The van der Waals surface area contributed by atoms with E-state index in [1.165, 1.54) is 28.4 Å². The fraction of sp³-hybridized carbons (Fsp3) is 0.300. The Balaban J connectivity index is 0.00000289. The number of amides is 1. The summed E-state index contributed by atoms with van der Waals surface area (Å²) in [6.45, 7) is 2.01. The van der Waals surface area contributed by atoms with Crippen LogP contribution in [0.5, 0.6) is 0 Å². The van der Waals surface area contributed by atoms with Crippen LogP contribution in [0.15, 0.2) is 52.5 Å². The van der Waals surface area contributed by atoms with Crippen molar-refractivity contribution in [3.05, 3.63) is 63.7 Å². The molecule has 2 aromatic carbocycles. The highest BCUT2D eigenvalue weighted by Gasteiger charge is 2.20. The van der Waals surface area contributed by atoms with Gasteiger partial charge in [-0.2, -0.15) is 0 Å². The van der Waals surface area contributed by atoms with Crippen LogP contribution in [-0.2, 0) is 7.05 Å². The lowest BCUT2D eigenvalue weighted by Gasteiger charge is -2.23. The lowest BCUT2D eigenvalue weighted by molar-refractivity contribution is -0.384. The monoisotopic (exact) mass is 475 g/mol. The molecule has 32 heavy (non-hydrogen) atoms. The van der Waals surface area contributed by atoms with Crippen LogP contribution in [0.25, 0.3) is 0 Å². The van der Waals surface area contributed by atoms with Gasteiger partial charge in [-0.15, -0.1) is 17.5 Å². The second kappa shape index (κ2) is 10.5. The molecular formula is C20H22ClN7O3S. The number of tetrazole rings is 1. The molecule has 1 fully saturated rings. The molecule has 1 aliphatic heterocycles. The molecule has 1 atom stereocenters. The van der Waals surface area contributed by atoms with Gasteiger partial charge in [-0.25, -0.2) is 4.68 Å². The minimum absolute atomic E-state index is 0. The van der Waals surface area contributed by atoms with E-state index in [0.717, 1.165) is 37.7 Å². The van der Waals surface area contributed by atoms with Crippen molar-refractivity contribution >= 4 is 41.5 Å². The third kappa shape index (κ3) is 5.42. The quantitative estimate of drug-likeness (QED) is 0.410. The van der Waals surface area contributed by atoms with Crippen molar-refractivity contribution in [2.45, 2.75) is 28.8 Å². The van der Waals surface area contributed by atoms with Crippen LogP contribution in [0, 0.1) is 10.1 Å². The lowest BCUT2D eigenvalue weighted by atomic mass is 9.91. The van der Waals surface area contributed by atoms with Gasteiger partial charge in [-0.3, -0.25) is 14.9 Å². The second-order valence-electron chi connectivity index (χ2n) is 7.24. The first kappa shape index (κ1) is 23.6. The molecule has 0 radical (unpaired) electrons. The molecule has 0 spiro atoms. The van der Waals surface area contributed by atoms with Crippen LogP contribution >= 0.6 is 24.2 Å². The van der Waals surface area contributed by atoms with Crippen LogP contribution in [-0.4, -0.2) is 44.1 Å². The first-order valence-electron chi connectivity index (χ1n) is 9.82. The summed E-state index contributed by atoms with van der Waals surface area (Å²) in [4.78, 5) is 24.2. The molecule has 12 heteroatoms. The molecule has 0 aliphatic carbocycles. The van der Waals surface area contributed by atoms with Gasteiger partial charge in [0.2, 0.25) is 5.16 Å². The number of aryl methyl sites for hydroxylation is 1. The lowest BCUT2D eigenvalue weighted by Crippen LogP contribution is -2.28. The zero-order valence-electron chi connectivity index (χ0n) is 17.2. The summed E-state index contributed by atoms with van der Waals surface area (Å²) >= 11 is 1.16. The molecule has 1 saturated heterocycles. The highest BCUT2D eigenvalue weighted by atomic mass is 35.5. The molecule has 2 heterocycles. The molecule has 10 nitrogen and oxygen atoms in total. The number of anilines is 1. The Labute approximate surface area is 194 Å². The number of non-ortho nitro benzene ring substituents is 1. The molecule has 0 saturated carbocycles. The number of nitro benzene ring substituents is 1. The Kier molecular flexibility index (Phi) is 7.78. The van der Waals surface area contributed by atoms with Crippen molar-refractivity contribution in [1.29, 1.82) is 0 Å². The van der Waals surface area contributed by atoms with E-state index < -0.39 is 10.8 Å². The Bertz CT molecular complexity index is 1100. The summed E-state index contributed by atoms with van der Waals surface area (Å²) < 4.78 is 1.46. The van der Waals surface area contributed by atoms with E-state index in [4.69, 9.17) is 0 Å². The van der Waals surface area contributed by atoms with E-state index in [1.807, 2.05) is 24.3 Å². The normalized spacial score (nSPS) is 15.6. The molecular weight excluding hydrogens is 454 g/mol. The largest absolute Gasteiger partial charge is 0.322 e. The Morgan fingerprint density at radius 2 is 2.06 bits per heavy atom. The topological polar surface area (TPSA) is 128 Å². The van der Waals surface area contributed by atoms with Crippen molar-refractivity contribution < 1.29 is 9.72 Å². The van der Waals surface area contributed by atoms with Crippen molar-refractivity contribution in [3.8, 4) is 0 Å². The number of hydrogen-bond donors (Lipinski definition) is 2. The molecule has 1 unspecified atom stereocenters. The number of nitrogens with one attached hydrogen (secondary N) is 2. The van der Waals surface area contributed by atoms with Crippen molar-refractivity contribution in [1.82, 2.24) is 25.5 Å². The maximum absolute atomic E-state index is 13.0. The maximum Gasteiger partial charge on any atom is 0.270 e. The van der Waals surface area contributed by atoms with Gasteiger partial charge in [0, 0.05) is 36.3 Å². The smallest absolute Gasteiger partial charge is 0.270 e. The minimum Gasteiger partial charge on any atom is -0.322 e. The third-order valence-electron chi connectivity index (χ3n) is 5.14. The zero-order chi connectivity index (χ0) is 21.8. The highest BCUT2D eigenvalue weighted by molar-refractivity contribution is 7.99. The molecule has 3 aromatic rings. The Morgan fingerprint density at radius 3 is 2.69 bits per heavy atom. The predicted molar refractivity (Wildman–Crippen MR) is 123 cm³/mol. The molecule has 0 bridgehead atoms. The summed E-state index contributed by atoms with van der Waals surface area (Å²) in [7, 11) is 1.68. The van der Waals surface area contributed by atoms with E-state index in [0.29, 0.717) is 21.7 Å². The summed E-state index contributed by atoms with van der Waals surface area (Å²) in [6, 6.07) is 11.9. The van der Waals surface area contributed by atoms with E-state index in [9.17, 15) is 14.9 Å². The third-order valence-corrected chi connectivity index (χ3v) is 6.24. The van der Waals surface area contributed by atoms with Gasteiger partial charge >= 0.3 is 0 Å². The molecule has 4 rings (SSSR count). The Morgan fingerprint density at radius 1 is 1.28 bits per heavy atom. The number of rotatable bonds is 6. The number of hydrogen-bond acceptors (Lipinski definition) is 8. The van der Waals surface area contributed by atoms with E-state index in [1.54, 1.807) is 7.05 Å². The van der Waals surface area contributed by atoms with Crippen LogP contribution in [0.4, 0.5) is 11.4 Å². The number of aromatic nitrogens is 4. The number of benzene rings is 2. The predicted octanol–water partition coefficient (Wildman–Crippen LogP) is 3.41. The Hall–Kier alpha value is -3.02. The van der Waals surface area contributed by atoms with Gasteiger partial charge < -0.3 is 10.6 Å². The SMILES string of the molecule is Cl.Cn1nnnc1Sc1ccc([N+](=O)[O-])cc1C(=O)Nc1ccc(C2CCCNC2)cc1. The fourth-order valence-corrected chi connectivity index (χ4v) is 4.32. The number of nitrogens with zero attached hydrogens (tertiary/aromatic N) is 5. The molecule has 1 amide bonds. The first-order valence-corrected chi connectivity index (χ1v) is 10.6. The number of carbonyl (C=O) groups is 1. The first-order chi connectivity index (χ1) is 15.0. The summed E-state index contributed by atoms with van der Waals surface area (Å²) in [5, 5.41) is 29.2. The molecule has 1 aliphatic rings. The fourth-order valence-electron chi connectivity index (χ4n) is 3.48. The van der Waals surface area contributed by atoms with Crippen molar-refractivity contribution in [3.63, 3.8) is 0 Å². The molecule has 168 valence electrons. The van der Waals surface area contributed by atoms with Gasteiger partial charge in [0.1, 0.15) is 0 Å². The van der Waals surface area contributed by atoms with Crippen LogP contribution in [0.2, 0.25) is 0 Å². The van der Waals surface area contributed by atoms with Crippen LogP contribution in [0.1, 0.15) is 34.7 Å². The van der Waals surface area contributed by atoms with Gasteiger partial charge in [0.05, 0.1) is 10.5 Å². The van der Waals surface area contributed by atoms with Crippen molar-refractivity contribution in [2.24, 2.45) is 7.05 Å². The summed E-state index contributed by atoms with van der Waals surface area (Å²) in [6.07, 6.45) is 2.29. The number of carbonyl (C=O) groups excluding carboxylic acids is 1. The summed E-state index contributed by atoms with van der Waals surface area (Å²) in [5.74, 6) is 0.0340. The average Bonchev–Trinajstić information content (AvgIpc) is 3.19. The average molecular weight is 476 g/mol. The van der Waals surface area contributed by atoms with E-state index in [-0.39, 0.29) is 23.7 Å². The number of nitro groups is 1. The molecule has 1 aromatic heterocycles. The van der Waals surface area contributed by atoms with Crippen LogP contribution in [0.3, 0.4) is 0 Å². The maximum atomic E-state index is 13.0. The van der Waals surface area contributed by atoms with Crippen molar-refractivity contribution in [2.75, 3.05) is 18.4 Å². The van der Waals surface area contributed by atoms with E-state index in [2.05, 4.69) is 26.2 Å². The number of piperidine rings is 1. The van der Waals surface area contributed by atoms with Gasteiger partial charge in [-0.05, 0) is 71.3 Å². The molecule has 2 N–H and O–H groups in total. The minimum atomic E-state index is -0.526. The summed E-state index contributed by atoms with van der Waals surface area (Å²) in [5.41, 5.74) is 1.88.